The first-order chi connectivity index (χ1) is 10.9. The second kappa shape index (κ2) is 7.37. The van der Waals surface area contributed by atoms with Crippen molar-refractivity contribution in [3.8, 4) is 5.75 Å². The quantitative estimate of drug-likeness (QED) is 0.685. The number of halogens is 1. The molecule has 2 aromatic carbocycles. The summed E-state index contributed by atoms with van der Waals surface area (Å²) in [6.07, 6.45) is 0. The van der Waals surface area contributed by atoms with Gasteiger partial charge < -0.3 is 21.1 Å². The summed E-state index contributed by atoms with van der Waals surface area (Å²) < 4.78 is 5.91. The van der Waals surface area contributed by atoms with Crippen LogP contribution in [0.1, 0.15) is 24.2 Å². The topological polar surface area (TPSA) is 76.4 Å². The van der Waals surface area contributed by atoms with Crippen molar-refractivity contribution in [3.63, 3.8) is 0 Å². The van der Waals surface area contributed by atoms with Crippen LogP contribution < -0.4 is 21.1 Å². The minimum absolute atomic E-state index is 0.234. The van der Waals surface area contributed by atoms with Gasteiger partial charge >= 0.3 is 0 Å². The van der Waals surface area contributed by atoms with Crippen molar-refractivity contribution in [2.75, 3.05) is 23.5 Å². The SMILES string of the molecule is COc1cccc(NC(=O)c2ccc(NC(C)C)c(N)c2)c1Br. The van der Waals surface area contributed by atoms with E-state index in [2.05, 4.69) is 26.6 Å². The summed E-state index contributed by atoms with van der Waals surface area (Å²) in [5, 5.41) is 6.08. The Hall–Kier alpha value is -2.21. The Morgan fingerprint density at radius 1 is 1.22 bits per heavy atom. The van der Waals surface area contributed by atoms with E-state index in [1.165, 1.54) is 0 Å². The van der Waals surface area contributed by atoms with Gasteiger partial charge in [0.1, 0.15) is 5.75 Å². The number of benzene rings is 2. The number of carbonyl (C=O) groups excluding carboxylic acids is 1. The third-order valence-corrected chi connectivity index (χ3v) is 4.01. The average molecular weight is 378 g/mol. The highest BCUT2D eigenvalue weighted by molar-refractivity contribution is 9.10. The summed E-state index contributed by atoms with van der Waals surface area (Å²) in [5.41, 5.74) is 8.49. The fourth-order valence-electron chi connectivity index (χ4n) is 2.11. The van der Waals surface area contributed by atoms with Gasteiger partial charge in [0.25, 0.3) is 5.91 Å². The Labute approximate surface area is 144 Å². The van der Waals surface area contributed by atoms with Crippen molar-refractivity contribution in [3.05, 3.63) is 46.4 Å². The smallest absolute Gasteiger partial charge is 0.255 e. The molecule has 0 aliphatic heterocycles. The number of hydrogen-bond acceptors (Lipinski definition) is 4. The zero-order valence-corrected chi connectivity index (χ0v) is 14.9. The fourth-order valence-corrected chi connectivity index (χ4v) is 2.63. The summed E-state index contributed by atoms with van der Waals surface area (Å²) in [4.78, 5) is 12.4. The van der Waals surface area contributed by atoms with E-state index in [1.807, 2.05) is 32.0 Å². The molecule has 0 spiro atoms. The Kier molecular flexibility index (Phi) is 5.50. The molecule has 0 bridgehead atoms. The van der Waals surface area contributed by atoms with Gasteiger partial charge in [0, 0.05) is 11.6 Å². The van der Waals surface area contributed by atoms with Crippen LogP contribution in [0, 0.1) is 0 Å². The van der Waals surface area contributed by atoms with Crippen molar-refractivity contribution < 1.29 is 9.53 Å². The molecule has 0 heterocycles. The monoisotopic (exact) mass is 377 g/mol. The van der Waals surface area contributed by atoms with Crippen molar-refractivity contribution in [2.24, 2.45) is 0 Å². The van der Waals surface area contributed by atoms with Crippen molar-refractivity contribution in [1.29, 1.82) is 0 Å². The predicted molar refractivity (Wildman–Crippen MR) is 98.3 cm³/mol. The third-order valence-electron chi connectivity index (χ3n) is 3.19. The first-order valence-electron chi connectivity index (χ1n) is 7.22. The number of hydrogen-bond donors (Lipinski definition) is 3. The van der Waals surface area contributed by atoms with Crippen LogP contribution in [0.2, 0.25) is 0 Å². The van der Waals surface area contributed by atoms with E-state index in [0.717, 1.165) is 5.69 Å². The number of nitrogens with two attached hydrogens (primary N) is 1. The van der Waals surface area contributed by atoms with Gasteiger partial charge in [0.15, 0.2) is 0 Å². The van der Waals surface area contributed by atoms with Crippen LogP contribution in [0.25, 0.3) is 0 Å². The van der Waals surface area contributed by atoms with Crippen LogP contribution in [0.4, 0.5) is 17.1 Å². The molecule has 0 atom stereocenters. The second-order valence-electron chi connectivity index (χ2n) is 5.38. The molecule has 0 unspecified atom stereocenters. The highest BCUT2D eigenvalue weighted by atomic mass is 79.9. The molecule has 0 radical (unpaired) electrons. The summed E-state index contributed by atoms with van der Waals surface area (Å²) >= 11 is 3.42. The lowest BCUT2D eigenvalue weighted by molar-refractivity contribution is 0.102. The van der Waals surface area contributed by atoms with Gasteiger partial charge in [-0.2, -0.15) is 0 Å². The lowest BCUT2D eigenvalue weighted by Gasteiger charge is -2.14. The first-order valence-corrected chi connectivity index (χ1v) is 8.01. The number of rotatable bonds is 5. The first kappa shape index (κ1) is 17.1. The van der Waals surface area contributed by atoms with Crippen LogP contribution >= 0.6 is 15.9 Å². The molecular formula is C17H20BrN3O2. The van der Waals surface area contributed by atoms with E-state index >= 15 is 0 Å². The van der Waals surface area contributed by atoms with Gasteiger partial charge in [-0.25, -0.2) is 0 Å². The number of anilines is 3. The van der Waals surface area contributed by atoms with Gasteiger partial charge in [-0.15, -0.1) is 0 Å². The largest absolute Gasteiger partial charge is 0.495 e. The number of methoxy groups -OCH3 is 1. The standard InChI is InChI=1S/C17H20BrN3O2/c1-10(2)20-13-8-7-11(9-12(13)19)17(22)21-14-5-4-6-15(23-3)16(14)18/h4-10,20H,19H2,1-3H3,(H,21,22). The van der Waals surface area contributed by atoms with E-state index in [4.69, 9.17) is 10.5 Å². The maximum atomic E-state index is 12.4. The molecule has 0 aromatic heterocycles. The predicted octanol–water partition coefficient (Wildman–Crippen LogP) is 4.11. The number of nitrogen functional groups attached to an aromatic ring is 1. The third kappa shape index (κ3) is 4.16. The Morgan fingerprint density at radius 3 is 2.57 bits per heavy atom. The summed E-state index contributed by atoms with van der Waals surface area (Å²) in [5.74, 6) is 0.417. The van der Waals surface area contributed by atoms with Crippen LogP contribution in [-0.4, -0.2) is 19.1 Å². The van der Waals surface area contributed by atoms with E-state index < -0.39 is 0 Å². The van der Waals surface area contributed by atoms with Gasteiger partial charge in [-0.1, -0.05) is 6.07 Å². The molecule has 23 heavy (non-hydrogen) atoms. The van der Waals surface area contributed by atoms with Gasteiger partial charge in [-0.3, -0.25) is 4.79 Å². The van der Waals surface area contributed by atoms with E-state index in [9.17, 15) is 4.79 Å². The van der Waals surface area contributed by atoms with Gasteiger partial charge in [0.2, 0.25) is 0 Å². The van der Waals surface area contributed by atoms with Crippen molar-refractivity contribution in [2.45, 2.75) is 19.9 Å². The summed E-state index contributed by atoms with van der Waals surface area (Å²) in [7, 11) is 1.58. The lowest BCUT2D eigenvalue weighted by atomic mass is 10.1. The maximum absolute atomic E-state index is 12.4. The van der Waals surface area contributed by atoms with Crippen LogP contribution in [0.3, 0.4) is 0 Å². The summed E-state index contributed by atoms with van der Waals surface area (Å²) in [6, 6.07) is 10.9. The Balaban J connectivity index is 2.20. The second-order valence-corrected chi connectivity index (χ2v) is 6.17. The number of carbonyl (C=O) groups is 1. The Bertz CT molecular complexity index is 717. The molecular weight excluding hydrogens is 358 g/mol. The highest BCUT2D eigenvalue weighted by Gasteiger charge is 2.12. The molecule has 2 rings (SSSR count). The minimum Gasteiger partial charge on any atom is -0.495 e. The van der Waals surface area contributed by atoms with Gasteiger partial charge in [-0.05, 0) is 60.1 Å². The molecule has 0 saturated heterocycles. The molecule has 0 fully saturated rings. The molecule has 5 nitrogen and oxygen atoms in total. The van der Waals surface area contributed by atoms with E-state index in [-0.39, 0.29) is 11.9 Å². The minimum atomic E-state index is -0.234. The average Bonchev–Trinajstić information content (AvgIpc) is 2.51. The molecule has 0 saturated carbocycles. The van der Waals surface area contributed by atoms with Crippen molar-refractivity contribution in [1.82, 2.24) is 0 Å². The Morgan fingerprint density at radius 2 is 1.96 bits per heavy atom. The number of amides is 1. The zero-order chi connectivity index (χ0) is 17.0. The normalized spacial score (nSPS) is 10.5. The molecule has 0 aliphatic carbocycles. The zero-order valence-electron chi connectivity index (χ0n) is 13.3. The van der Waals surface area contributed by atoms with Crippen LogP contribution in [0.5, 0.6) is 5.75 Å². The molecule has 2 aromatic rings. The van der Waals surface area contributed by atoms with Crippen LogP contribution in [-0.2, 0) is 0 Å². The molecule has 0 aliphatic rings. The van der Waals surface area contributed by atoms with E-state index in [0.29, 0.717) is 27.2 Å². The summed E-state index contributed by atoms with van der Waals surface area (Å²) in [6.45, 7) is 4.06. The van der Waals surface area contributed by atoms with Crippen LogP contribution in [0.15, 0.2) is 40.9 Å². The highest BCUT2D eigenvalue weighted by Crippen LogP contribution is 2.32. The maximum Gasteiger partial charge on any atom is 0.255 e. The number of nitrogens with one attached hydrogen (secondary N) is 2. The van der Waals surface area contributed by atoms with Crippen molar-refractivity contribution >= 4 is 38.9 Å². The molecule has 4 N–H and O–H groups in total. The van der Waals surface area contributed by atoms with E-state index in [1.54, 1.807) is 25.3 Å². The van der Waals surface area contributed by atoms with Gasteiger partial charge in [0.05, 0.1) is 28.6 Å². The number of ether oxygens (including phenoxy) is 1. The molecule has 1 amide bonds. The molecule has 6 heteroatoms. The lowest BCUT2D eigenvalue weighted by Crippen LogP contribution is -2.15. The molecule has 122 valence electrons. The fraction of sp³-hybridized carbons (Fsp3) is 0.235.